The van der Waals surface area contributed by atoms with Gasteiger partial charge in [0.2, 0.25) is 0 Å². The van der Waals surface area contributed by atoms with Crippen LogP contribution in [0.3, 0.4) is 0 Å². The second kappa shape index (κ2) is 7.87. The average molecular weight is 313 g/mol. The largest absolute Gasteiger partial charge is 0.352 e. The van der Waals surface area contributed by atoms with Crippen LogP contribution in [0.25, 0.3) is 5.69 Å². The Kier molecular flexibility index (Phi) is 5.37. The molecule has 1 saturated heterocycles. The number of carbonyl (C=O) groups excluding carboxylic acids is 1. The summed E-state index contributed by atoms with van der Waals surface area (Å²) in [5.74, 6) is -0.0196. The first-order valence-electron chi connectivity index (χ1n) is 8.28. The summed E-state index contributed by atoms with van der Waals surface area (Å²) in [7, 11) is 0. The second-order valence-corrected chi connectivity index (χ2v) is 5.90. The topological polar surface area (TPSA) is 63.1 Å². The summed E-state index contributed by atoms with van der Waals surface area (Å²) >= 11 is 0. The zero-order valence-electron chi connectivity index (χ0n) is 13.3. The van der Waals surface area contributed by atoms with Gasteiger partial charge in [0.1, 0.15) is 12.7 Å². The fraction of sp³-hybridized carbons (Fsp3) is 0.471. The number of carbonyl (C=O) groups is 1. The Hall–Kier alpha value is -2.21. The highest BCUT2D eigenvalue weighted by Crippen LogP contribution is 2.09. The van der Waals surface area contributed by atoms with Crippen molar-refractivity contribution < 1.29 is 4.79 Å². The first-order chi connectivity index (χ1) is 11.3. The Morgan fingerprint density at radius 2 is 1.91 bits per heavy atom. The van der Waals surface area contributed by atoms with Crippen molar-refractivity contribution in [2.75, 3.05) is 26.2 Å². The van der Waals surface area contributed by atoms with Gasteiger partial charge in [0.15, 0.2) is 0 Å². The minimum Gasteiger partial charge on any atom is -0.352 e. The monoisotopic (exact) mass is 313 g/mol. The summed E-state index contributed by atoms with van der Waals surface area (Å²) in [4.78, 5) is 18.5. The standard InChI is InChI=1S/C17H23N5O/c23-17(19-9-4-12-21-10-2-1-3-11-21)15-5-7-16(8-6-15)22-14-18-13-20-22/h5-8,13-14H,1-4,9-12H2,(H,19,23). The van der Waals surface area contributed by atoms with Gasteiger partial charge in [-0.15, -0.1) is 0 Å². The quantitative estimate of drug-likeness (QED) is 0.827. The molecule has 1 amide bonds. The number of aromatic nitrogens is 3. The van der Waals surface area contributed by atoms with E-state index in [1.54, 1.807) is 11.0 Å². The maximum Gasteiger partial charge on any atom is 0.251 e. The van der Waals surface area contributed by atoms with Crippen molar-refractivity contribution in [2.24, 2.45) is 0 Å². The van der Waals surface area contributed by atoms with Gasteiger partial charge in [-0.25, -0.2) is 9.67 Å². The summed E-state index contributed by atoms with van der Waals surface area (Å²) in [5.41, 5.74) is 1.57. The minimum absolute atomic E-state index is 0.0196. The molecule has 122 valence electrons. The summed E-state index contributed by atoms with van der Waals surface area (Å²) in [5, 5.41) is 7.06. The van der Waals surface area contributed by atoms with E-state index in [1.807, 2.05) is 24.3 Å². The zero-order chi connectivity index (χ0) is 15.9. The number of nitrogens with one attached hydrogen (secondary N) is 1. The fourth-order valence-electron chi connectivity index (χ4n) is 2.90. The SMILES string of the molecule is O=C(NCCCN1CCCCC1)c1ccc(-n2cncn2)cc1. The van der Waals surface area contributed by atoms with Crippen molar-refractivity contribution in [3.63, 3.8) is 0 Å². The Balaban J connectivity index is 1.43. The average Bonchev–Trinajstić information content (AvgIpc) is 3.14. The fourth-order valence-corrected chi connectivity index (χ4v) is 2.90. The predicted molar refractivity (Wildman–Crippen MR) is 88.6 cm³/mol. The van der Waals surface area contributed by atoms with Crippen molar-refractivity contribution in [3.8, 4) is 5.69 Å². The molecule has 1 aliphatic rings. The highest BCUT2D eigenvalue weighted by atomic mass is 16.1. The number of hydrogen-bond acceptors (Lipinski definition) is 4. The summed E-state index contributed by atoms with van der Waals surface area (Å²) in [6, 6.07) is 7.38. The number of rotatable bonds is 6. The van der Waals surface area contributed by atoms with Crippen LogP contribution in [0.2, 0.25) is 0 Å². The van der Waals surface area contributed by atoms with Crippen molar-refractivity contribution in [3.05, 3.63) is 42.5 Å². The van der Waals surface area contributed by atoms with Crippen LogP contribution in [0.1, 0.15) is 36.0 Å². The van der Waals surface area contributed by atoms with Crippen molar-refractivity contribution in [1.82, 2.24) is 25.0 Å². The highest BCUT2D eigenvalue weighted by Gasteiger charge is 2.10. The Labute approximate surface area is 136 Å². The number of amides is 1. The molecule has 0 radical (unpaired) electrons. The number of hydrogen-bond donors (Lipinski definition) is 1. The third kappa shape index (κ3) is 4.39. The van der Waals surface area contributed by atoms with Crippen LogP contribution in [-0.2, 0) is 0 Å². The molecular formula is C17H23N5O. The summed E-state index contributed by atoms with van der Waals surface area (Å²) < 4.78 is 1.67. The van der Waals surface area contributed by atoms with E-state index in [1.165, 1.54) is 38.7 Å². The molecule has 1 N–H and O–H groups in total. The van der Waals surface area contributed by atoms with E-state index in [2.05, 4.69) is 20.3 Å². The molecule has 1 aromatic carbocycles. The molecule has 6 nitrogen and oxygen atoms in total. The van der Waals surface area contributed by atoms with Gasteiger partial charge in [-0.3, -0.25) is 4.79 Å². The van der Waals surface area contributed by atoms with Crippen molar-refractivity contribution in [1.29, 1.82) is 0 Å². The molecule has 0 spiro atoms. The lowest BCUT2D eigenvalue weighted by atomic mass is 10.1. The molecular weight excluding hydrogens is 290 g/mol. The molecule has 0 bridgehead atoms. The van der Waals surface area contributed by atoms with Crippen molar-refractivity contribution >= 4 is 5.91 Å². The van der Waals surface area contributed by atoms with Crippen LogP contribution in [0.5, 0.6) is 0 Å². The van der Waals surface area contributed by atoms with Gasteiger partial charge in [0.05, 0.1) is 5.69 Å². The lowest BCUT2D eigenvalue weighted by Crippen LogP contribution is -2.33. The first kappa shape index (κ1) is 15.7. The maximum absolute atomic E-state index is 12.1. The van der Waals surface area contributed by atoms with Crippen LogP contribution < -0.4 is 5.32 Å². The van der Waals surface area contributed by atoms with Gasteiger partial charge in [-0.2, -0.15) is 5.10 Å². The molecule has 1 aromatic heterocycles. The van der Waals surface area contributed by atoms with E-state index >= 15 is 0 Å². The smallest absolute Gasteiger partial charge is 0.251 e. The molecule has 0 saturated carbocycles. The lowest BCUT2D eigenvalue weighted by molar-refractivity contribution is 0.0951. The third-order valence-corrected chi connectivity index (χ3v) is 4.20. The Morgan fingerprint density at radius 1 is 1.13 bits per heavy atom. The van der Waals surface area contributed by atoms with E-state index < -0.39 is 0 Å². The van der Waals surface area contributed by atoms with Crippen LogP contribution in [0.4, 0.5) is 0 Å². The number of benzene rings is 1. The van der Waals surface area contributed by atoms with Crippen LogP contribution >= 0.6 is 0 Å². The van der Waals surface area contributed by atoms with Gasteiger partial charge in [-0.05, 0) is 63.2 Å². The molecule has 2 aromatic rings. The van der Waals surface area contributed by atoms with Crippen LogP contribution in [-0.4, -0.2) is 51.8 Å². The highest BCUT2D eigenvalue weighted by molar-refractivity contribution is 5.94. The second-order valence-electron chi connectivity index (χ2n) is 5.90. The van der Waals surface area contributed by atoms with E-state index in [4.69, 9.17) is 0 Å². The van der Waals surface area contributed by atoms with Gasteiger partial charge in [-0.1, -0.05) is 6.42 Å². The number of likely N-dealkylation sites (tertiary alicyclic amines) is 1. The van der Waals surface area contributed by atoms with Crippen LogP contribution in [0.15, 0.2) is 36.9 Å². The third-order valence-electron chi connectivity index (χ3n) is 4.20. The summed E-state index contributed by atoms with van der Waals surface area (Å²) in [6.45, 7) is 4.21. The molecule has 1 aliphatic heterocycles. The first-order valence-corrected chi connectivity index (χ1v) is 8.28. The van der Waals surface area contributed by atoms with Crippen LogP contribution in [0, 0.1) is 0 Å². The molecule has 6 heteroatoms. The Bertz CT molecular complexity index is 602. The van der Waals surface area contributed by atoms with E-state index in [-0.39, 0.29) is 5.91 Å². The maximum atomic E-state index is 12.1. The minimum atomic E-state index is -0.0196. The molecule has 2 heterocycles. The van der Waals surface area contributed by atoms with E-state index in [9.17, 15) is 4.79 Å². The van der Waals surface area contributed by atoms with E-state index in [0.717, 1.165) is 25.2 Å². The zero-order valence-corrected chi connectivity index (χ0v) is 13.3. The van der Waals surface area contributed by atoms with Gasteiger partial charge in [0.25, 0.3) is 5.91 Å². The molecule has 1 fully saturated rings. The van der Waals surface area contributed by atoms with Gasteiger partial charge in [0, 0.05) is 12.1 Å². The number of piperidine rings is 1. The van der Waals surface area contributed by atoms with E-state index in [0.29, 0.717) is 5.56 Å². The molecule has 0 aliphatic carbocycles. The Morgan fingerprint density at radius 3 is 2.61 bits per heavy atom. The molecule has 3 rings (SSSR count). The molecule has 23 heavy (non-hydrogen) atoms. The predicted octanol–water partition coefficient (Wildman–Crippen LogP) is 1.87. The lowest BCUT2D eigenvalue weighted by Gasteiger charge is -2.26. The van der Waals surface area contributed by atoms with Gasteiger partial charge < -0.3 is 10.2 Å². The van der Waals surface area contributed by atoms with Gasteiger partial charge >= 0.3 is 0 Å². The molecule has 0 unspecified atom stereocenters. The number of nitrogens with zero attached hydrogens (tertiary/aromatic N) is 4. The molecule has 0 atom stereocenters. The normalized spacial score (nSPS) is 15.5. The van der Waals surface area contributed by atoms with Crippen molar-refractivity contribution in [2.45, 2.75) is 25.7 Å². The summed E-state index contributed by atoms with van der Waals surface area (Å²) in [6.07, 6.45) is 8.11.